The van der Waals surface area contributed by atoms with Crippen LogP contribution in [0.2, 0.25) is 0 Å². The Morgan fingerprint density at radius 1 is 1.44 bits per heavy atom. The molecule has 0 aromatic rings. The lowest BCUT2D eigenvalue weighted by Crippen LogP contribution is -2.41. The molecule has 0 heterocycles. The fraction of sp³-hybridized carbons (Fsp3) is 0.769. The fourth-order valence-electron chi connectivity index (χ4n) is 2.33. The number of esters is 1. The molecule has 0 bridgehead atoms. The van der Waals surface area contributed by atoms with Crippen molar-refractivity contribution in [2.24, 2.45) is 5.92 Å². The Morgan fingerprint density at radius 2 is 2.11 bits per heavy atom. The number of carbonyl (C=O) groups is 2. The highest BCUT2D eigenvalue weighted by molar-refractivity contribution is 5.84. The molecule has 18 heavy (non-hydrogen) atoms. The second-order valence-electron chi connectivity index (χ2n) is 4.69. The van der Waals surface area contributed by atoms with E-state index < -0.39 is 12.0 Å². The molecule has 100 valence electrons. The summed E-state index contributed by atoms with van der Waals surface area (Å²) < 4.78 is 4.62. The number of rotatable bonds is 6. The van der Waals surface area contributed by atoms with Crippen molar-refractivity contribution < 1.29 is 14.3 Å². The third-order valence-corrected chi connectivity index (χ3v) is 3.31. The second kappa shape index (κ2) is 7.70. The Morgan fingerprint density at radius 3 is 2.67 bits per heavy atom. The van der Waals surface area contributed by atoms with E-state index in [0.717, 1.165) is 12.8 Å². The van der Waals surface area contributed by atoms with Gasteiger partial charge in [-0.15, -0.1) is 0 Å². The van der Waals surface area contributed by atoms with Gasteiger partial charge in [0, 0.05) is 12.8 Å². The minimum absolute atomic E-state index is 0.116. The SMILES string of the molecule is COC(=O)[C@H](CCC#N)NC(=O)CC1CCCC1. The quantitative estimate of drug-likeness (QED) is 0.727. The summed E-state index contributed by atoms with van der Waals surface area (Å²) in [5.41, 5.74) is 0. The van der Waals surface area contributed by atoms with Gasteiger partial charge in [0.25, 0.3) is 0 Å². The van der Waals surface area contributed by atoms with E-state index in [4.69, 9.17) is 5.26 Å². The molecule has 0 radical (unpaired) electrons. The zero-order valence-corrected chi connectivity index (χ0v) is 10.8. The first kappa shape index (κ1) is 14.5. The van der Waals surface area contributed by atoms with Crippen LogP contribution in [0.15, 0.2) is 0 Å². The lowest BCUT2D eigenvalue weighted by Gasteiger charge is -2.16. The van der Waals surface area contributed by atoms with E-state index in [2.05, 4.69) is 10.1 Å². The Hall–Kier alpha value is -1.57. The summed E-state index contributed by atoms with van der Waals surface area (Å²) in [5, 5.41) is 11.2. The summed E-state index contributed by atoms with van der Waals surface area (Å²) in [5.74, 6) is -0.153. The van der Waals surface area contributed by atoms with Crippen LogP contribution in [0.3, 0.4) is 0 Å². The molecule has 1 amide bonds. The lowest BCUT2D eigenvalue weighted by atomic mass is 10.0. The van der Waals surface area contributed by atoms with E-state index in [1.807, 2.05) is 6.07 Å². The van der Waals surface area contributed by atoms with Crippen molar-refractivity contribution in [3.8, 4) is 6.07 Å². The van der Waals surface area contributed by atoms with Gasteiger partial charge in [0.2, 0.25) is 5.91 Å². The number of hydrogen-bond donors (Lipinski definition) is 1. The smallest absolute Gasteiger partial charge is 0.328 e. The highest BCUT2D eigenvalue weighted by Gasteiger charge is 2.24. The van der Waals surface area contributed by atoms with Crippen LogP contribution in [0, 0.1) is 17.2 Å². The van der Waals surface area contributed by atoms with Crippen molar-refractivity contribution in [3.05, 3.63) is 0 Å². The van der Waals surface area contributed by atoms with Gasteiger partial charge in [-0.05, 0) is 25.2 Å². The number of hydrogen-bond acceptors (Lipinski definition) is 4. The number of methoxy groups -OCH3 is 1. The van der Waals surface area contributed by atoms with Crippen LogP contribution in [-0.4, -0.2) is 25.0 Å². The van der Waals surface area contributed by atoms with Crippen molar-refractivity contribution in [3.63, 3.8) is 0 Å². The lowest BCUT2D eigenvalue weighted by molar-refractivity contribution is -0.145. The zero-order valence-electron chi connectivity index (χ0n) is 10.8. The van der Waals surface area contributed by atoms with Gasteiger partial charge in [-0.1, -0.05) is 12.8 Å². The number of carbonyl (C=O) groups excluding carboxylic acids is 2. The highest BCUT2D eigenvalue weighted by Crippen LogP contribution is 2.27. The van der Waals surface area contributed by atoms with Gasteiger partial charge in [-0.25, -0.2) is 4.79 Å². The molecule has 1 fully saturated rings. The van der Waals surface area contributed by atoms with E-state index in [9.17, 15) is 9.59 Å². The molecular weight excluding hydrogens is 232 g/mol. The Kier molecular flexibility index (Phi) is 6.20. The van der Waals surface area contributed by atoms with Gasteiger partial charge in [0.15, 0.2) is 0 Å². The predicted octanol–water partition coefficient (Wildman–Crippen LogP) is 1.53. The molecular formula is C13H20N2O3. The molecule has 1 atom stereocenters. The van der Waals surface area contributed by atoms with E-state index in [1.165, 1.54) is 20.0 Å². The third kappa shape index (κ3) is 4.74. The summed E-state index contributed by atoms with van der Waals surface area (Å²) in [4.78, 5) is 23.2. The molecule has 5 nitrogen and oxygen atoms in total. The van der Waals surface area contributed by atoms with Crippen molar-refractivity contribution >= 4 is 11.9 Å². The normalized spacial score (nSPS) is 16.9. The Bertz CT molecular complexity index is 330. The maximum absolute atomic E-state index is 11.8. The molecule has 0 aliphatic heterocycles. The summed E-state index contributed by atoms with van der Waals surface area (Å²) in [7, 11) is 1.28. The predicted molar refractivity (Wildman–Crippen MR) is 65.4 cm³/mol. The molecule has 1 aliphatic rings. The highest BCUT2D eigenvalue weighted by atomic mass is 16.5. The molecule has 1 saturated carbocycles. The monoisotopic (exact) mass is 252 g/mol. The largest absolute Gasteiger partial charge is 0.467 e. The minimum Gasteiger partial charge on any atom is -0.467 e. The molecule has 1 aliphatic carbocycles. The van der Waals surface area contributed by atoms with Crippen LogP contribution in [-0.2, 0) is 14.3 Å². The molecule has 5 heteroatoms. The van der Waals surface area contributed by atoms with Crippen molar-refractivity contribution in [2.45, 2.75) is 51.0 Å². The Labute approximate surface area is 107 Å². The molecule has 0 saturated heterocycles. The van der Waals surface area contributed by atoms with E-state index in [-0.39, 0.29) is 12.3 Å². The number of nitriles is 1. The molecule has 0 aromatic carbocycles. The Balaban J connectivity index is 2.40. The molecule has 1 N–H and O–H groups in total. The van der Waals surface area contributed by atoms with Gasteiger partial charge in [0.05, 0.1) is 13.2 Å². The second-order valence-corrected chi connectivity index (χ2v) is 4.69. The van der Waals surface area contributed by atoms with E-state index >= 15 is 0 Å². The van der Waals surface area contributed by atoms with Crippen molar-refractivity contribution in [1.29, 1.82) is 5.26 Å². The average molecular weight is 252 g/mol. The van der Waals surface area contributed by atoms with Crippen LogP contribution in [0.1, 0.15) is 44.9 Å². The average Bonchev–Trinajstić information content (AvgIpc) is 2.86. The summed E-state index contributed by atoms with van der Waals surface area (Å²) >= 11 is 0. The number of nitrogens with zero attached hydrogens (tertiary/aromatic N) is 1. The number of nitrogens with one attached hydrogen (secondary N) is 1. The number of amides is 1. The fourth-order valence-corrected chi connectivity index (χ4v) is 2.33. The van der Waals surface area contributed by atoms with Gasteiger partial charge in [0.1, 0.15) is 6.04 Å². The van der Waals surface area contributed by atoms with Gasteiger partial charge in [-0.3, -0.25) is 4.79 Å². The van der Waals surface area contributed by atoms with Crippen LogP contribution in [0.5, 0.6) is 0 Å². The van der Waals surface area contributed by atoms with Crippen LogP contribution < -0.4 is 5.32 Å². The third-order valence-electron chi connectivity index (χ3n) is 3.31. The zero-order chi connectivity index (χ0) is 13.4. The van der Waals surface area contributed by atoms with Gasteiger partial charge in [-0.2, -0.15) is 5.26 Å². The van der Waals surface area contributed by atoms with Crippen LogP contribution >= 0.6 is 0 Å². The molecule has 0 aromatic heterocycles. The minimum atomic E-state index is -0.691. The van der Waals surface area contributed by atoms with Crippen LogP contribution in [0.25, 0.3) is 0 Å². The first-order valence-corrected chi connectivity index (χ1v) is 6.41. The maximum Gasteiger partial charge on any atom is 0.328 e. The molecule has 0 spiro atoms. The maximum atomic E-state index is 11.8. The molecule has 1 rings (SSSR count). The number of ether oxygens (including phenoxy) is 1. The van der Waals surface area contributed by atoms with Gasteiger partial charge < -0.3 is 10.1 Å². The van der Waals surface area contributed by atoms with E-state index in [0.29, 0.717) is 18.8 Å². The summed E-state index contributed by atoms with van der Waals surface area (Å²) in [6, 6.07) is 1.27. The first-order chi connectivity index (χ1) is 8.67. The van der Waals surface area contributed by atoms with Crippen molar-refractivity contribution in [1.82, 2.24) is 5.32 Å². The van der Waals surface area contributed by atoms with Gasteiger partial charge >= 0.3 is 5.97 Å². The molecule has 0 unspecified atom stereocenters. The summed E-state index contributed by atoms with van der Waals surface area (Å²) in [6.45, 7) is 0. The van der Waals surface area contributed by atoms with Crippen molar-refractivity contribution in [2.75, 3.05) is 7.11 Å². The first-order valence-electron chi connectivity index (χ1n) is 6.41. The van der Waals surface area contributed by atoms with E-state index in [1.54, 1.807) is 0 Å². The van der Waals surface area contributed by atoms with Crippen LogP contribution in [0.4, 0.5) is 0 Å². The standard InChI is InChI=1S/C13H20N2O3/c1-18-13(17)11(7-4-8-14)15-12(16)9-10-5-2-3-6-10/h10-11H,2-7,9H2,1H3,(H,15,16)/t11-/m0/s1. The topological polar surface area (TPSA) is 79.2 Å². The summed E-state index contributed by atoms with van der Waals surface area (Å²) in [6.07, 6.45) is 5.56.